The van der Waals surface area contributed by atoms with Crippen molar-refractivity contribution >= 4 is 17.3 Å². The average Bonchev–Trinajstić information content (AvgIpc) is 2.57. The highest BCUT2D eigenvalue weighted by Crippen LogP contribution is 2.26. The minimum absolute atomic E-state index is 0.768. The van der Waals surface area contributed by atoms with Crippen LogP contribution in [0.5, 0.6) is 0 Å². The van der Waals surface area contributed by atoms with Gasteiger partial charge in [-0.1, -0.05) is 23.7 Å². The summed E-state index contributed by atoms with van der Waals surface area (Å²) in [6.45, 7) is 1.03. The van der Waals surface area contributed by atoms with Crippen LogP contribution in [0, 0.1) is 6.07 Å². The Bertz CT molecular complexity index is 306. The van der Waals surface area contributed by atoms with Crippen molar-refractivity contribution in [1.82, 2.24) is 0 Å². The summed E-state index contributed by atoms with van der Waals surface area (Å²) in [6.07, 6.45) is 5.32. The molecule has 2 rings (SSSR count). The van der Waals surface area contributed by atoms with E-state index in [1.807, 2.05) is 12.1 Å². The monoisotopic (exact) mass is 178 g/mol. The lowest BCUT2D eigenvalue weighted by molar-refractivity contribution is 1.000. The zero-order valence-electron chi connectivity index (χ0n) is 6.63. The van der Waals surface area contributed by atoms with Crippen molar-refractivity contribution in [2.75, 3.05) is 11.4 Å². The lowest BCUT2D eigenvalue weighted by atomic mass is 10.3. The summed E-state index contributed by atoms with van der Waals surface area (Å²) in [4.78, 5) is 2.15. The SMILES string of the molecule is Clc1c[c]ccc1N1C=CCC1. The first kappa shape index (κ1) is 7.69. The third kappa shape index (κ3) is 1.32. The first-order valence-corrected chi connectivity index (χ1v) is 4.34. The molecule has 1 aliphatic heterocycles. The smallest absolute Gasteiger partial charge is 0.0649 e. The van der Waals surface area contributed by atoms with Crippen LogP contribution in [0.2, 0.25) is 5.02 Å². The minimum atomic E-state index is 0.768. The van der Waals surface area contributed by atoms with Gasteiger partial charge in [0.25, 0.3) is 0 Å². The van der Waals surface area contributed by atoms with Gasteiger partial charge in [0.15, 0.2) is 0 Å². The molecule has 0 aromatic heterocycles. The van der Waals surface area contributed by atoms with Crippen molar-refractivity contribution in [2.45, 2.75) is 6.42 Å². The fraction of sp³-hybridized carbons (Fsp3) is 0.200. The van der Waals surface area contributed by atoms with E-state index in [4.69, 9.17) is 11.6 Å². The molecule has 1 radical (unpaired) electrons. The summed E-state index contributed by atoms with van der Waals surface area (Å²) in [7, 11) is 0. The average molecular weight is 179 g/mol. The van der Waals surface area contributed by atoms with Crippen molar-refractivity contribution in [3.05, 3.63) is 41.6 Å². The van der Waals surface area contributed by atoms with Gasteiger partial charge in [0.1, 0.15) is 0 Å². The van der Waals surface area contributed by atoms with Gasteiger partial charge >= 0.3 is 0 Å². The Labute approximate surface area is 77.3 Å². The number of anilines is 1. The van der Waals surface area contributed by atoms with E-state index in [9.17, 15) is 0 Å². The molecule has 2 heteroatoms. The molecule has 0 spiro atoms. The van der Waals surface area contributed by atoms with E-state index in [0.29, 0.717) is 0 Å². The molecule has 1 aliphatic rings. The second-order valence-electron chi connectivity index (χ2n) is 2.74. The third-order valence-electron chi connectivity index (χ3n) is 1.92. The molecule has 12 heavy (non-hydrogen) atoms. The highest BCUT2D eigenvalue weighted by Gasteiger charge is 2.08. The molecule has 0 saturated heterocycles. The first-order valence-electron chi connectivity index (χ1n) is 3.97. The fourth-order valence-corrected chi connectivity index (χ4v) is 1.56. The number of halogens is 1. The Morgan fingerprint density at radius 2 is 2.42 bits per heavy atom. The zero-order chi connectivity index (χ0) is 8.39. The second-order valence-corrected chi connectivity index (χ2v) is 3.15. The van der Waals surface area contributed by atoms with Gasteiger partial charge in [-0.05, 0) is 24.6 Å². The lowest BCUT2D eigenvalue weighted by Gasteiger charge is -2.16. The summed E-state index contributed by atoms with van der Waals surface area (Å²) in [5.41, 5.74) is 1.07. The summed E-state index contributed by atoms with van der Waals surface area (Å²) in [5, 5.41) is 0.768. The van der Waals surface area contributed by atoms with Gasteiger partial charge < -0.3 is 4.90 Å². The van der Waals surface area contributed by atoms with Gasteiger partial charge in [-0.2, -0.15) is 0 Å². The molecule has 1 heterocycles. The maximum Gasteiger partial charge on any atom is 0.0649 e. The molecule has 0 fully saturated rings. The summed E-state index contributed by atoms with van der Waals surface area (Å²) >= 11 is 6.00. The van der Waals surface area contributed by atoms with Gasteiger partial charge in [-0.15, -0.1) is 0 Å². The molecule has 1 aromatic carbocycles. The van der Waals surface area contributed by atoms with Crippen LogP contribution in [0.4, 0.5) is 5.69 Å². The van der Waals surface area contributed by atoms with Crippen LogP contribution in [0.3, 0.4) is 0 Å². The van der Waals surface area contributed by atoms with Gasteiger partial charge in [0.05, 0.1) is 10.7 Å². The van der Waals surface area contributed by atoms with Gasteiger partial charge in [0, 0.05) is 12.7 Å². The summed E-state index contributed by atoms with van der Waals surface area (Å²) in [6, 6.07) is 8.60. The van der Waals surface area contributed by atoms with Crippen LogP contribution in [-0.2, 0) is 0 Å². The molecule has 0 atom stereocenters. The third-order valence-corrected chi connectivity index (χ3v) is 2.23. The Hall–Kier alpha value is -0.950. The fourth-order valence-electron chi connectivity index (χ4n) is 1.33. The number of rotatable bonds is 1. The van der Waals surface area contributed by atoms with E-state index in [1.54, 1.807) is 6.07 Å². The molecule has 1 aromatic rings. The highest BCUT2D eigenvalue weighted by atomic mass is 35.5. The standard InChI is InChI=1S/C10H9ClN/c11-9-5-1-2-6-10(9)12-7-3-4-8-12/h2-3,5-7H,4,8H2. The van der Waals surface area contributed by atoms with Crippen LogP contribution in [-0.4, -0.2) is 6.54 Å². The molecule has 0 unspecified atom stereocenters. The van der Waals surface area contributed by atoms with Crippen LogP contribution in [0.1, 0.15) is 6.42 Å². The Balaban J connectivity index is 2.33. The van der Waals surface area contributed by atoms with E-state index in [1.165, 1.54) is 0 Å². The number of nitrogens with zero attached hydrogens (tertiary/aromatic N) is 1. The van der Waals surface area contributed by atoms with Gasteiger partial charge in [-0.3, -0.25) is 0 Å². The van der Waals surface area contributed by atoms with Crippen molar-refractivity contribution in [3.8, 4) is 0 Å². The molecule has 0 bridgehead atoms. The largest absolute Gasteiger partial charge is 0.347 e. The predicted octanol–water partition coefficient (Wildman–Crippen LogP) is 2.86. The van der Waals surface area contributed by atoms with Crippen molar-refractivity contribution in [2.24, 2.45) is 0 Å². The second kappa shape index (κ2) is 3.20. The van der Waals surface area contributed by atoms with Crippen LogP contribution in [0.15, 0.2) is 30.5 Å². The summed E-state index contributed by atoms with van der Waals surface area (Å²) < 4.78 is 0. The van der Waals surface area contributed by atoms with Gasteiger partial charge in [0.2, 0.25) is 0 Å². The maximum atomic E-state index is 6.00. The van der Waals surface area contributed by atoms with Crippen molar-refractivity contribution in [3.63, 3.8) is 0 Å². The first-order chi connectivity index (χ1) is 5.88. The van der Waals surface area contributed by atoms with E-state index >= 15 is 0 Å². The minimum Gasteiger partial charge on any atom is -0.347 e. The van der Waals surface area contributed by atoms with Gasteiger partial charge in [-0.25, -0.2) is 0 Å². The zero-order valence-corrected chi connectivity index (χ0v) is 7.38. The molecule has 0 aliphatic carbocycles. The van der Waals surface area contributed by atoms with Crippen LogP contribution in [0.25, 0.3) is 0 Å². The molecule has 1 nitrogen and oxygen atoms in total. The molecule has 0 amide bonds. The van der Waals surface area contributed by atoms with Crippen molar-refractivity contribution < 1.29 is 0 Å². The van der Waals surface area contributed by atoms with E-state index in [2.05, 4.69) is 23.2 Å². The van der Waals surface area contributed by atoms with Crippen molar-refractivity contribution in [1.29, 1.82) is 0 Å². The Morgan fingerprint density at radius 3 is 3.08 bits per heavy atom. The summed E-state index contributed by atoms with van der Waals surface area (Å²) in [5.74, 6) is 0. The predicted molar refractivity (Wildman–Crippen MR) is 51.4 cm³/mol. The quantitative estimate of drug-likeness (QED) is 0.639. The Morgan fingerprint density at radius 1 is 1.50 bits per heavy atom. The molecular weight excluding hydrogens is 170 g/mol. The normalized spacial score (nSPS) is 15.6. The van der Waals surface area contributed by atoms with E-state index < -0.39 is 0 Å². The highest BCUT2D eigenvalue weighted by molar-refractivity contribution is 6.33. The number of hydrogen-bond donors (Lipinski definition) is 0. The molecule has 0 saturated carbocycles. The number of benzene rings is 1. The molecule has 0 N–H and O–H groups in total. The van der Waals surface area contributed by atoms with E-state index in [-0.39, 0.29) is 0 Å². The molecular formula is C10H9ClN. The lowest BCUT2D eigenvalue weighted by Crippen LogP contribution is -2.12. The van der Waals surface area contributed by atoms with Crippen LogP contribution < -0.4 is 4.90 Å². The number of hydrogen-bond acceptors (Lipinski definition) is 1. The Kier molecular flexibility index (Phi) is 2.05. The van der Waals surface area contributed by atoms with E-state index in [0.717, 1.165) is 23.7 Å². The topological polar surface area (TPSA) is 3.24 Å². The maximum absolute atomic E-state index is 6.00. The van der Waals surface area contributed by atoms with Crippen LogP contribution >= 0.6 is 11.6 Å². The molecule has 61 valence electrons.